The van der Waals surface area contributed by atoms with E-state index in [1.54, 1.807) is 0 Å². The number of aromatic nitrogens is 2. The summed E-state index contributed by atoms with van der Waals surface area (Å²) in [4.78, 5) is 12.5. The lowest BCUT2D eigenvalue weighted by atomic mass is 9.91. The Morgan fingerprint density at radius 2 is 1.42 bits per heavy atom. The number of fused-ring (bicyclic) bond motifs is 1. The predicted octanol–water partition coefficient (Wildman–Crippen LogP) is 9.95. The molecule has 6 nitrogen and oxygen atoms in total. The Morgan fingerprint density at radius 1 is 0.646 bits per heavy atom. The number of nitrogen functional groups attached to an aromatic ring is 2. The van der Waals surface area contributed by atoms with Crippen LogP contribution in [0.15, 0.2) is 140 Å². The van der Waals surface area contributed by atoms with E-state index in [1.165, 1.54) is 0 Å². The van der Waals surface area contributed by atoms with Crippen molar-refractivity contribution in [1.82, 2.24) is 9.97 Å². The van der Waals surface area contributed by atoms with Crippen LogP contribution in [0.5, 0.6) is 0 Å². The maximum atomic E-state index is 6.72. The van der Waals surface area contributed by atoms with Crippen LogP contribution in [0.2, 0.25) is 0 Å². The fourth-order valence-corrected chi connectivity index (χ4v) is 6.78. The molecule has 5 N–H and O–H groups in total. The highest BCUT2D eigenvalue weighted by molar-refractivity contribution is 5.96. The molecule has 2 aliphatic rings. The summed E-state index contributed by atoms with van der Waals surface area (Å²) < 4.78 is 0. The number of anilines is 5. The summed E-state index contributed by atoms with van der Waals surface area (Å²) in [6.07, 6.45) is 8.70. The quantitative estimate of drug-likeness (QED) is 0.160. The first-order valence-corrected chi connectivity index (χ1v) is 16.4. The Bertz CT molecular complexity index is 2220. The molecule has 234 valence electrons. The third kappa shape index (κ3) is 5.37. The third-order valence-electron chi connectivity index (χ3n) is 9.10. The SMILES string of the molecule is CC1Nc2ccccc2N1c1ccccc1-c1ccc(N)cc1-c1ccc(N)c(-c2nc(C3=CCCC=C3)cc(-c3ccccc3)n2)c1. The van der Waals surface area contributed by atoms with Crippen molar-refractivity contribution in [3.63, 3.8) is 0 Å². The van der Waals surface area contributed by atoms with Crippen LogP contribution in [0, 0.1) is 0 Å². The van der Waals surface area contributed by atoms with Gasteiger partial charge < -0.3 is 21.7 Å². The second kappa shape index (κ2) is 12.2. The number of hydrogen-bond acceptors (Lipinski definition) is 6. The van der Waals surface area contributed by atoms with Crippen LogP contribution < -0.4 is 21.7 Å². The average molecular weight is 625 g/mol. The Balaban J connectivity index is 1.28. The van der Waals surface area contributed by atoms with Crippen LogP contribution in [0.3, 0.4) is 0 Å². The van der Waals surface area contributed by atoms with E-state index >= 15 is 0 Å². The van der Waals surface area contributed by atoms with E-state index in [1.807, 2.05) is 36.4 Å². The molecule has 6 aromatic rings. The van der Waals surface area contributed by atoms with E-state index < -0.39 is 0 Å². The molecular weight excluding hydrogens is 589 g/mol. The lowest BCUT2D eigenvalue weighted by Crippen LogP contribution is -2.28. The van der Waals surface area contributed by atoms with E-state index in [0.717, 1.165) is 80.2 Å². The highest BCUT2D eigenvalue weighted by Crippen LogP contribution is 2.46. The molecule has 1 unspecified atom stereocenters. The number of nitrogens with two attached hydrogens (primary N) is 2. The van der Waals surface area contributed by atoms with Gasteiger partial charge in [0, 0.05) is 28.1 Å². The molecule has 1 aromatic heterocycles. The van der Waals surface area contributed by atoms with E-state index in [9.17, 15) is 0 Å². The predicted molar refractivity (Wildman–Crippen MR) is 201 cm³/mol. The van der Waals surface area contributed by atoms with Gasteiger partial charge >= 0.3 is 0 Å². The average Bonchev–Trinajstić information content (AvgIpc) is 3.47. The second-order valence-corrected chi connectivity index (χ2v) is 12.3. The lowest BCUT2D eigenvalue weighted by Gasteiger charge is -2.27. The number of hydrogen-bond donors (Lipinski definition) is 3. The smallest absolute Gasteiger partial charge is 0.162 e. The summed E-state index contributed by atoms with van der Waals surface area (Å²) in [5.74, 6) is 0.588. The molecule has 1 aliphatic heterocycles. The van der Waals surface area contributed by atoms with Gasteiger partial charge in [0.15, 0.2) is 5.82 Å². The van der Waals surface area contributed by atoms with Gasteiger partial charge in [0.25, 0.3) is 0 Å². The number of para-hydroxylation sites is 3. The number of benzene rings is 5. The molecule has 1 atom stereocenters. The third-order valence-corrected chi connectivity index (χ3v) is 9.10. The van der Waals surface area contributed by atoms with Crippen LogP contribution in [-0.4, -0.2) is 16.1 Å². The molecule has 0 spiro atoms. The topological polar surface area (TPSA) is 93.1 Å². The molecule has 5 aromatic carbocycles. The molecule has 0 saturated heterocycles. The fourth-order valence-electron chi connectivity index (χ4n) is 6.78. The van der Waals surface area contributed by atoms with Crippen molar-refractivity contribution < 1.29 is 0 Å². The molecule has 1 aliphatic carbocycles. The van der Waals surface area contributed by atoms with E-state index in [2.05, 4.69) is 120 Å². The molecule has 0 bridgehead atoms. The summed E-state index contributed by atoms with van der Waals surface area (Å²) >= 11 is 0. The van der Waals surface area contributed by atoms with Crippen molar-refractivity contribution in [3.05, 3.63) is 145 Å². The minimum absolute atomic E-state index is 0.0845. The van der Waals surface area contributed by atoms with Gasteiger partial charge in [0.1, 0.15) is 6.17 Å². The summed E-state index contributed by atoms with van der Waals surface area (Å²) in [6, 6.07) is 41.5. The first-order chi connectivity index (χ1) is 23.5. The van der Waals surface area contributed by atoms with Crippen molar-refractivity contribution >= 4 is 34.0 Å². The fraction of sp³-hybridized carbons (Fsp3) is 0.0952. The standard InChI is InChI=1S/C42H36N6/c1-27-45-37-17-9-11-19-41(37)48(27)40-18-10-8-16-33(40)32-22-21-31(43)25-34(32)30-20-23-36(44)35(24-30)42-46-38(28-12-4-2-5-13-28)26-39(47-42)29-14-6-3-7-15-29/h2,4-6,8-27,45H,3,7,43-44H2,1H3. The Labute approximate surface area is 281 Å². The van der Waals surface area contributed by atoms with Crippen LogP contribution in [0.25, 0.3) is 50.5 Å². The van der Waals surface area contributed by atoms with Gasteiger partial charge in [-0.3, -0.25) is 0 Å². The first-order valence-electron chi connectivity index (χ1n) is 16.4. The zero-order valence-corrected chi connectivity index (χ0v) is 26.8. The minimum Gasteiger partial charge on any atom is -0.399 e. The molecule has 0 amide bonds. The molecule has 0 radical (unpaired) electrons. The minimum atomic E-state index is 0.0845. The highest BCUT2D eigenvalue weighted by atomic mass is 15.3. The van der Waals surface area contributed by atoms with Gasteiger partial charge in [0.05, 0.1) is 28.5 Å². The molecular formula is C42H36N6. The van der Waals surface area contributed by atoms with Gasteiger partial charge in [-0.1, -0.05) is 91.0 Å². The van der Waals surface area contributed by atoms with Gasteiger partial charge in [-0.05, 0) is 90.6 Å². The van der Waals surface area contributed by atoms with Gasteiger partial charge in [-0.25, -0.2) is 9.97 Å². The summed E-state index contributed by atoms with van der Waals surface area (Å²) in [6.45, 7) is 2.18. The zero-order chi connectivity index (χ0) is 32.6. The maximum absolute atomic E-state index is 6.72. The number of allylic oxidation sites excluding steroid dienone is 4. The summed E-state index contributed by atoms with van der Waals surface area (Å²) in [5, 5.41) is 3.63. The van der Waals surface area contributed by atoms with E-state index in [4.69, 9.17) is 21.4 Å². The number of nitrogens with zero attached hydrogens (tertiary/aromatic N) is 3. The van der Waals surface area contributed by atoms with Crippen molar-refractivity contribution in [2.45, 2.75) is 25.9 Å². The largest absolute Gasteiger partial charge is 0.399 e. The molecule has 6 heteroatoms. The number of nitrogens with one attached hydrogen (secondary N) is 1. The molecule has 8 rings (SSSR count). The van der Waals surface area contributed by atoms with E-state index in [-0.39, 0.29) is 6.17 Å². The molecule has 0 saturated carbocycles. The zero-order valence-electron chi connectivity index (χ0n) is 26.8. The Morgan fingerprint density at radius 3 is 2.25 bits per heavy atom. The number of rotatable bonds is 6. The van der Waals surface area contributed by atoms with Gasteiger partial charge in [-0.2, -0.15) is 0 Å². The molecule has 2 heterocycles. The first kappa shape index (κ1) is 29.3. The monoisotopic (exact) mass is 624 g/mol. The van der Waals surface area contributed by atoms with Crippen molar-refractivity contribution in [1.29, 1.82) is 0 Å². The van der Waals surface area contributed by atoms with Crippen LogP contribution in [0.4, 0.5) is 28.4 Å². The van der Waals surface area contributed by atoms with Crippen LogP contribution in [-0.2, 0) is 0 Å². The Kier molecular flexibility index (Phi) is 7.46. The van der Waals surface area contributed by atoms with E-state index in [0.29, 0.717) is 17.2 Å². The van der Waals surface area contributed by atoms with Gasteiger partial charge in [-0.15, -0.1) is 0 Å². The normalized spacial score (nSPS) is 15.1. The van der Waals surface area contributed by atoms with Crippen LogP contribution >= 0.6 is 0 Å². The molecule has 0 fully saturated rings. The lowest BCUT2D eigenvalue weighted by molar-refractivity contribution is 0.843. The second-order valence-electron chi connectivity index (χ2n) is 12.3. The maximum Gasteiger partial charge on any atom is 0.162 e. The highest BCUT2D eigenvalue weighted by Gasteiger charge is 2.28. The van der Waals surface area contributed by atoms with Gasteiger partial charge in [0.2, 0.25) is 0 Å². The van der Waals surface area contributed by atoms with Crippen molar-refractivity contribution in [2.75, 3.05) is 21.7 Å². The summed E-state index contributed by atoms with van der Waals surface area (Å²) in [7, 11) is 0. The summed E-state index contributed by atoms with van der Waals surface area (Å²) in [5.41, 5.74) is 26.7. The Hall–Kier alpha value is -6.14. The van der Waals surface area contributed by atoms with Crippen LogP contribution in [0.1, 0.15) is 25.5 Å². The van der Waals surface area contributed by atoms with Crippen molar-refractivity contribution in [2.24, 2.45) is 0 Å². The molecule has 48 heavy (non-hydrogen) atoms. The van der Waals surface area contributed by atoms with Crippen molar-refractivity contribution in [3.8, 4) is 44.9 Å².